The van der Waals surface area contributed by atoms with E-state index in [2.05, 4.69) is 17.6 Å². The largest absolute Gasteiger partial charge is 0.371 e. The Morgan fingerprint density at radius 2 is 2.23 bits per heavy atom. The summed E-state index contributed by atoms with van der Waals surface area (Å²) in [5, 5.41) is 8.43. The first-order valence-corrected chi connectivity index (χ1v) is 4.35. The highest BCUT2D eigenvalue weighted by Crippen LogP contribution is 1.99. The zero-order valence-corrected chi connectivity index (χ0v) is 8.49. The Bertz CT molecular complexity index is 164. The third-order valence-corrected chi connectivity index (χ3v) is 1.61. The summed E-state index contributed by atoms with van der Waals surface area (Å²) in [6.07, 6.45) is 4.80. The normalized spacial score (nSPS) is 12.2. The second-order valence-corrected chi connectivity index (χ2v) is 3.05. The van der Waals surface area contributed by atoms with E-state index >= 15 is 0 Å². The third kappa shape index (κ3) is 7.71. The molecule has 3 nitrogen and oxygen atoms in total. The average Bonchev–Trinajstić information content (AvgIpc) is 2.10. The van der Waals surface area contributed by atoms with Crippen LogP contribution in [0.4, 0.5) is 0 Å². The Kier molecular flexibility index (Phi) is 7.59. The van der Waals surface area contributed by atoms with E-state index in [9.17, 15) is 0 Å². The van der Waals surface area contributed by atoms with Crippen molar-refractivity contribution in [1.82, 2.24) is 4.90 Å². The predicted molar refractivity (Wildman–Crippen MR) is 54.5 cm³/mol. The summed E-state index contributed by atoms with van der Waals surface area (Å²) in [6, 6.07) is 0. The molecule has 0 aromatic carbocycles. The first-order chi connectivity index (χ1) is 6.20. The molecule has 0 saturated carbocycles. The summed E-state index contributed by atoms with van der Waals surface area (Å²) in [5.74, 6) is 0. The van der Waals surface area contributed by atoms with E-state index in [1.807, 2.05) is 14.1 Å². The third-order valence-electron chi connectivity index (χ3n) is 1.61. The lowest BCUT2D eigenvalue weighted by Gasteiger charge is -2.07. The molecular weight excluding hydrogens is 166 g/mol. The molecule has 0 rings (SSSR count). The van der Waals surface area contributed by atoms with E-state index in [0.717, 1.165) is 18.5 Å². The minimum Gasteiger partial charge on any atom is -0.371 e. The van der Waals surface area contributed by atoms with E-state index in [1.54, 1.807) is 6.08 Å². The molecule has 3 heteroatoms. The second kappa shape index (κ2) is 7.98. The fraction of sp³-hybridized carbons (Fsp3) is 0.600. The number of hydrogen-bond donors (Lipinski definition) is 1. The molecule has 0 bridgehead atoms. The van der Waals surface area contributed by atoms with Crippen LogP contribution in [0.2, 0.25) is 0 Å². The highest BCUT2D eigenvalue weighted by Gasteiger charge is 1.92. The van der Waals surface area contributed by atoms with E-state index in [1.165, 1.54) is 0 Å². The van der Waals surface area contributed by atoms with Gasteiger partial charge in [0, 0.05) is 6.54 Å². The van der Waals surface area contributed by atoms with Crippen molar-refractivity contribution in [3.8, 4) is 0 Å². The van der Waals surface area contributed by atoms with E-state index in [-0.39, 0.29) is 6.79 Å². The van der Waals surface area contributed by atoms with Crippen molar-refractivity contribution >= 4 is 0 Å². The number of hydrogen-bond acceptors (Lipinski definition) is 3. The molecule has 0 unspecified atom stereocenters. The number of ether oxygens (including phenoxy) is 1. The SMILES string of the molecule is C=C/C(=C\CCN(C)C)COCO. The van der Waals surface area contributed by atoms with Gasteiger partial charge in [-0.2, -0.15) is 0 Å². The minimum absolute atomic E-state index is 0.237. The maximum Gasteiger partial charge on any atom is 0.143 e. The van der Waals surface area contributed by atoms with Gasteiger partial charge in [0.2, 0.25) is 0 Å². The van der Waals surface area contributed by atoms with Gasteiger partial charge in [-0.15, -0.1) is 0 Å². The van der Waals surface area contributed by atoms with Crippen LogP contribution in [-0.2, 0) is 4.74 Å². The van der Waals surface area contributed by atoms with E-state index < -0.39 is 0 Å². The highest BCUT2D eigenvalue weighted by molar-refractivity contribution is 5.16. The van der Waals surface area contributed by atoms with Gasteiger partial charge in [-0.3, -0.25) is 0 Å². The lowest BCUT2D eigenvalue weighted by Crippen LogP contribution is -2.12. The quantitative estimate of drug-likeness (QED) is 0.475. The van der Waals surface area contributed by atoms with Crippen LogP contribution >= 0.6 is 0 Å². The standard InChI is InChI=1S/C10H19NO2/c1-4-10(8-13-9-12)6-5-7-11(2)3/h4,6,12H,1,5,7-9H2,2-3H3/b10-6+. The van der Waals surface area contributed by atoms with Crippen molar-refractivity contribution in [1.29, 1.82) is 0 Å². The lowest BCUT2D eigenvalue weighted by molar-refractivity contribution is 0.0109. The van der Waals surface area contributed by atoms with Gasteiger partial charge in [0.15, 0.2) is 0 Å². The Hall–Kier alpha value is -0.640. The van der Waals surface area contributed by atoms with Crippen LogP contribution in [0.5, 0.6) is 0 Å². The Balaban J connectivity index is 3.71. The topological polar surface area (TPSA) is 32.7 Å². The molecule has 76 valence electrons. The number of rotatable bonds is 7. The molecule has 0 amide bonds. The molecule has 0 spiro atoms. The van der Waals surface area contributed by atoms with Gasteiger partial charge in [0.05, 0.1) is 6.61 Å². The summed E-state index contributed by atoms with van der Waals surface area (Å²) in [7, 11) is 4.07. The summed E-state index contributed by atoms with van der Waals surface area (Å²) < 4.78 is 4.85. The van der Waals surface area contributed by atoms with Crippen LogP contribution in [-0.4, -0.2) is 44.0 Å². The van der Waals surface area contributed by atoms with Crippen LogP contribution < -0.4 is 0 Å². The second-order valence-electron chi connectivity index (χ2n) is 3.05. The van der Waals surface area contributed by atoms with Crippen molar-refractivity contribution in [3.05, 3.63) is 24.3 Å². The van der Waals surface area contributed by atoms with E-state index in [0.29, 0.717) is 6.61 Å². The molecule has 0 aromatic heterocycles. The summed E-state index contributed by atoms with van der Waals surface area (Å²) >= 11 is 0. The van der Waals surface area contributed by atoms with Gasteiger partial charge in [-0.25, -0.2) is 0 Å². The molecule has 0 aliphatic rings. The van der Waals surface area contributed by atoms with Gasteiger partial charge < -0.3 is 14.7 Å². The smallest absolute Gasteiger partial charge is 0.143 e. The zero-order chi connectivity index (χ0) is 10.1. The number of aliphatic hydroxyl groups is 1. The van der Waals surface area contributed by atoms with Gasteiger partial charge in [-0.1, -0.05) is 18.7 Å². The minimum atomic E-state index is -0.237. The molecule has 0 aliphatic heterocycles. The molecular formula is C10H19NO2. The van der Waals surface area contributed by atoms with Crippen LogP contribution in [0.3, 0.4) is 0 Å². The summed E-state index contributed by atoms with van der Waals surface area (Å²) in [4.78, 5) is 2.12. The fourth-order valence-electron chi connectivity index (χ4n) is 0.873. The van der Waals surface area contributed by atoms with Crippen LogP contribution in [0, 0.1) is 0 Å². The predicted octanol–water partition coefficient (Wildman–Crippen LogP) is 1.02. The van der Waals surface area contributed by atoms with Crippen molar-refractivity contribution in [2.45, 2.75) is 6.42 Å². The molecule has 0 saturated heterocycles. The van der Waals surface area contributed by atoms with Gasteiger partial charge >= 0.3 is 0 Å². The first-order valence-electron chi connectivity index (χ1n) is 4.35. The van der Waals surface area contributed by atoms with Crippen LogP contribution in [0.1, 0.15) is 6.42 Å². The number of aliphatic hydroxyl groups excluding tert-OH is 1. The highest BCUT2D eigenvalue weighted by atomic mass is 16.6. The molecule has 0 fully saturated rings. The molecule has 0 atom stereocenters. The molecule has 0 heterocycles. The molecule has 0 aromatic rings. The van der Waals surface area contributed by atoms with Crippen LogP contribution in [0.25, 0.3) is 0 Å². The average molecular weight is 185 g/mol. The molecule has 0 aliphatic carbocycles. The first kappa shape index (κ1) is 12.4. The van der Waals surface area contributed by atoms with E-state index in [4.69, 9.17) is 9.84 Å². The Morgan fingerprint density at radius 1 is 1.54 bits per heavy atom. The van der Waals surface area contributed by atoms with Crippen molar-refractivity contribution < 1.29 is 9.84 Å². The molecule has 0 radical (unpaired) electrons. The maximum absolute atomic E-state index is 8.43. The van der Waals surface area contributed by atoms with Crippen molar-refractivity contribution in [2.24, 2.45) is 0 Å². The summed E-state index contributed by atoms with van der Waals surface area (Å²) in [5.41, 5.74) is 1.02. The van der Waals surface area contributed by atoms with Crippen molar-refractivity contribution in [3.63, 3.8) is 0 Å². The number of nitrogens with zero attached hydrogens (tertiary/aromatic N) is 1. The zero-order valence-electron chi connectivity index (χ0n) is 8.49. The summed E-state index contributed by atoms with van der Waals surface area (Å²) in [6.45, 7) is 4.88. The van der Waals surface area contributed by atoms with Crippen LogP contribution in [0.15, 0.2) is 24.3 Å². The Labute approximate surface area is 80.3 Å². The van der Waals surface area contributed by atoms with Gasteiger partial charge in [-0.05, 0) is 26.1 Å². The molecule has 1 N–H and O–H groups in total. The molecule has 13 heavy (non-hydrogen) atoms. The maximum atomic E-state index is 8.43. The van der Waals surface area contributed by atoms with Crippen molar-refractivity contribution in [2.75, 3.05) is 34.0 Å². The Morgan fingerprint density at radius 3 is 2.69 bits per heavy atom. The fourth-order valence-corrected chi connectivity index (χ4v) is 0.873. The van der Waals surface area contributed by atoms with Gasteiger partial charge in [0.25, 0.3) is 0 Å². The lowest BCUT2D eigenvalue weighted by atomic mass is 10.2. The monoisotopic (exact) mass is 185 g/mol. The van der Waals surface area contributed by atoms with Gasteiger partial charge in [0.1, 0.15) is 6.79 Å².